The van der Waals surface area contributed by atoms with E-state index in [9.17, 15) is 13.2 Å². The van der Waals surface area contributed by atoms with Gasteiger partial charge >= 0.3 is 6.18 Å². The summed E-state index contributed by atoms with van der Waals surface area (Å²) in [6.45, 7) is 0. The van der Waals surface area contributed by atoms with Crippen LogP contribution in [0.5, 0.6) is 0 Å². The molecule has 0 amide bonds. The summed E-state index contributed by atoms with van der Waals surface area (Å²) in [7, 11) is 0. The quantitative estimate of drug-likeness (QED) is 0.820. The van der Waals surface area contributed by atoms with Crippen molar-refractivity contribution in [3.8, 4) is 0 Å². The molecule has 5 atom stereocenters. The molecule has 0 aromatic heterocycles. The third kappa shape index (κ3) is 1.88. The first-order chi connectivity index (χ1) is 9.89. The van der Waals surface area contributed by atoms with Gasteiger partial charge < -0.3 is 5.73 Å². The van der Waals surface area contributed by atoms with Gasteiger partial charge in [0.25, 0.3) is 0 Å². The second-order valence-electron chi connectivity index (χ2n) is 7.18. The van der Waals surface area contributed by atoms with Crippen LogP contribution < -0.4 is 5.73 Å². The van der Waals surface area contributed by atoms with Gasteiger partial charge in [-0.15, -0.1) is 0 Å². The van der Waals surface area contributed by atoms with E-state index in [-0.39, 0.29) is 0 Å². The number of rotatable bonds is 1. The zero-order valence-electron chi connectivity index (χ0n) is 11.9. The van der Waals surface area contributed by atoms with Gasteiger partial charge in [-0.05, 0) is 67.1 Å². The molecule has 3 aliphatic carbocycles. The topological polar surface area (TPSA) is 26.0 Å². The Hall–Kier alpha value is -1.03. The van der Waals surface area contributed by atoms with Crippen molar-refractivity contribution in [3.63, 3.8) is 0 Å². The van der Waals surface area contributed by atoms with Crippen LogP contribution in [0.1, 0.15) is 43.2 Å². The third-order valence-electron chi connectivity index (χ3n) is 6.29. The SMILES string of the molecule is NC1(c2cccc(C(F)(F)F)c2)CC2CC1C1CCCC21. The lowest BCUT2D eigenvalue weighted by atomic mass is 9.68. The summed E-state index contributed by atoms with van der Waals surface area (Å²) < 4.78 is 38.8. The average molecular weight is 295 g/mol. The maximum atomic E-state index is 12.9. The fourth-order valence-corrected chi connectivity index (χ4v) is 5.51. The monoisotopic (exact) mass is 295 g/mol. The van der Waals surface area contributed by atoms with E-state index in [1.165, 1.54) is 31.4 Å². The molecule has 2 N–H and O–H groups in total. The van der Waals surface area contributed by atoms with Crippen molar-refractivity contribution in [2.75, 3.05) is 0 Å². The summed E-state index contributed by atoms with van der Waals surface area (Å²) in [6.07, 6.45) is 1.46. The lowest BCUT2D eigenvalue weighted by Gasteiger charge is -2.40. The van der Waals surface area contributed by atoms with Gasteiger partial charge in [-0.3, -0.25) is 0 Å². The molecule has 1 nitrogen and oxygen atoms in total. The number of benzene rings is 1. The van der Waals surface area contributed by atoms with Crippen LogP contribution >= 0.6 is 0 Å². The molecule has 0 aliphatic heterocycles. The zero-order valence-corrected chi connectivity index (χ0v) is 11.9. The fraction of sp³-hybridized carbons (Fsp3) is 0.647. The van der Waals surface area contributed by atoms with Crippen molar-refractivity contribution in [1.82, 2.24) is 0 Å². The van der Waals surface area contributed by atoms with Gasteiger partial charge in [-0.2, -0.15) is 13.2 Å². The van der Waals surface area contributed by atoms with E-state index in [2.05, 4.69) is 0 Å². The molecule has 3 aliphatic rings. The molecule has 3 fully saturated rings. The van der Waals surface area contributed by atoms with Gasteiger partial charge in [-0.25, -0.2) is 0 Å². The van der Waals surface area contributed by atoms with Crippen LogP contribution in [-0.2, 0) is 11.7 Å². The number of halogens is 3. The van der Waals surface area contributed by atoms with Crippen LogP contribution in [0.15, 0.2) is 24.3 Å². The van der Waals surface area contributed by atoms with E-state index in [0.29, 0.717) is 23.3 Å². The molecule has 5 unspecified atom stereocenters. The molecule has 0 spiro atoms. The van der Waals surface area contributed by atoms with Crippen molar-refractivity contribution in [1.29, 1.82) is 0 Å². The van der Waals surface area contributed by atoms with Crippen molar-refractivity contribution >= 4 is 0 Å². The minimum absolute atomic E-state index is 0.374. The molecule has 2 bridgehead atoms. The Morgan fingerprint density at radius 3 is 2.67 bits per heavy atom. The molecule has 21 heavy (non-hydrogen) atoms. The minimum atomic E-state index is -4.29. The van der Waals surface area contributed by atoms with E-state index >= 15 is 0 Å². The molecule has 3 saturated carbocycles. The average Bonchev–Trinajstić information content (AvgIpc) is 3.09. The number of hydrogen-bond acceptors (Lipinski definition) is 1. The second kappa shape index (κ2) is 4.25. The maximum Gasteiger partial charge on any atom is 0.416 e. The summed E-state index contributed by atoms with van der Waals surface area (Å²) in [4.78, 5) is 0. The highest BCUT2D eigenvalue weighted by atomic mass is 19.4. The van der Waals surface area contributed by atoms with Crippen molar-refractivity contribution < 1.29 is 13.2 Å². The first-order valence-electron chi connectivity index (χ1n) is 7.86. The molecule has 1 aromatic rings. The van der Waals surface area contributed by atoms with E-state index in [1.54, 1.807) is 6.07 Å². The molecular weight excluding hydrogens is 275 g/mol. The Balaban J connectivity index is 1.71. The summed E-state index contributed by atoms with van der Waals surface area (Å²) in [5.74, 6) is 2.43. The van der Waals surface area contributed by atoms with Crippen LogP contribution in [0, 0.1) is 23.7 Å². The predicted molar refractivity (Wildman–Crippen MR) is 74.4 cm³/mol. The molecule has 0 heterocycles. The van der Waals surface area contributed by atoms with Gasteiger partial charge in [-0.1, -0.05) is 18.6 Å². The summed E-state index contributed by atoms with van der Waals surface area (Å²) in [5.41, 5.74) is 6.24. The van der Waals surface area contributed by atoms with Gasteiger partial charge in [0.2, 0.25) is 0 Å². The van der Waals surface area contributed by atoms with Crippen molar-refractivity contribution in [2.24, 2.45) is 29.4 Å². The van der Waals surface area contributed by atoms with E-state index in [4.69, 9.17) is 5.73 Å². The Labute approximate surface area is 122 Å². The normalized spacial score (nSPS) is 41.5. The van der Waals surface area contributed by atoms with Gasteiger partial charge in [0.05, 0.1) is 5.56 Å². The Kier molecular flexibility index (Phi) is 2.76. The maximum absolute atomic E-state index is 12.9. The van der Waals surface area contributed by atoms with Crippen molar-refractivity contribution in [3.05, 3.63) is 35.4 Å². The predicted octanol–water partition coefficient (Wildman–Crippen LogP) is 4.32. The zero-order chi connectivity index (χ0) is 14.8. The fourth-order valence-electron chi connectivity index (χ4n) is 5.51. The lowest BCUT2D eigenvalue weighted by Crippen LogP contribution is -2.46. The highest BCUT2D eigenvalue weighted by Crippen LogP contribution is 2.64. The molecule has 114 valence electrons. The summed E-state index contributed by atoms with van der Waals surface area (Å²) >= 11 is 0. The second-order valence-corrected chi connectivity index (χ2v) is 7.18. The molecule has 0 saturated heterocycles. The van der Waals surface area contributed by atoms with E-state index in [0.717, 1.165) is 24.8 Å². The standard InChI is InChI=1S/C17H20F3N/c18-17(19,20)12-4-1-3-11(8-12)16(21)9-10-7-15(16)14-6-2-5-13(10)14/h1,3-4,8,10,13-15H,2,5-7,9,21H2. The minimum Gasteiger partial charge on any atom is -0.321 e. The molecular formula is C17H20F3N. The van der Waals surface area contributed by atoms with E-state index < -0.39 is 17.3 Å². The first kappa shape index (κ1) is 13.6. The number of alkyl halides is 3. The van der Waals surface area contributed by atoms with Crippen LogP contribution in [0.25, 0.3) is 0 Å². The Morgan fingerprint density at radius 2 is 1.90 bits per heavy atom. The smallest absolute Gasteiger partial charge is 0.321 e. The first-order valence-corrected chi connectivity index (χ1v) is 7.86. The lowest BCUT2D eigenvalue weighted by molar-refractivity contribution is -0.137. The van der Waals surface area contributed by atoms with Gasteiger partial charge in [0.15, 0.2) is 0 Å². The highest BCUT2D eigenvalue weighted by molar-refractivity contribution is 5.34. The van der Waals surface area contributed by atoms with Crippen LogP contribution in [0.3, 0.4) is 0 Å². The van der Waals surface area contributed by atoms with E-state index in [1.807, 2.05) is 0 Å². The number of hydrogen-bond donors (Lipinski definition) is 1. The highest BCUT2D eigenvalue weighted by Gasteiger charge is 2.59. The third-order valence-corrected chi connectivity index (χ3v) is 6.29. The number of fused-ring (bicyclic) bond motifs is 5. The van der Waals surface area contributed by atoms with Crippen molar-refractivity contribution in [2.45, 2.75) is 43.8 Å². The van der Waals surface area contributed by atoms with Crippen LogP contribution in [0.4, 0.5) is 13.2 Å². The molecule has 4 heteroatoms. The van der Waals surface area contributed by atoms with Gasteiger partial charge in [0.1, 0.15) is 0 Å². The Morgan fingerprint density at radius 1 is 1.14 bits per heavy atom. The largest absolute Gasteiger partial charge is 0.416 e. The summed E-state index contributed by atoms with van der Waals surface area (Å²) in [6, 6.07) is 5.72. The molecule has 1 aromatic carbocycles. The number of nitrogens with two attached hydrogens (primary N) is 1. The van der Waals surface area contributed by atoms with Crippen LogP contribution in [-0.4, -0.2) is 0 Å². The summed E-state index contributed by atoms with van der Waals surface area (Å²) in [5, 5.41) is 0. The Bertz CT molecular complexity index is 567. The molecule has 4 rings (SSSR count). The van der Waals surface area contributed by atoms with Crippen LogP contribution in [0.2, 0.25) is 0 Å². The van der Waals surface area contributed by atoms with Gasteiger partial charge in [0, 0.05) is 5.54 Å². The molecule has 0 radical (unpaired) electrons.